The standard InChI is InChI=1S/C24H30BrN3O4/c1-15(2)11-12-32-21-8-6-18(25)14-19(21)24(31)28-27-23(30)10-9-22(29)26-20-7-5-16(3)13-17(20)4/h5-8,13-15H,9-12H2,1-4H3,(H,26,29)(H,27,30)(H,28,31). The first-order valence-electron chi connectivity index (χ1n) is 10.5. The highest BCUT2D eigenvalue weighted by molar-refractivity contribution is 9.10. The van der Waals surface area contributed by atoms with E-state index < -0.39 is 11.8 Å². The Kier molecular flexibility index (Phi) is 9.71. The van der Waals surface area contributed by atoms with Gasteiger partial charge in [-0.25, -0.2) is 0 Å². The molecule has 0 saturated carbocycles. The Balaban J connectivity index is 1.84. The Morgan fingerprint density at radius 1 is 0.969 bits per heavy atom. The monoisotopic (exact) mass is 503 g/mol. The van der Waals surface area contributed by atoms with Crippen molar-refractivity contribution in [3.05, 3.63) is 57.6 Å². The molecule has 0 bridgehead atoms. The van der Waals surface area contributed by atoms with E-state index in [1.54, 1.807) is 18.2 Å². The summed E-state index contributed by atoms with van der Waals surface area (Å²) in [5.41, 5.74) is 7.81. The molecule has 2 aromatic carbocycles. The van der Waals surface area contributed by atoms with Crippen molar-refractivity contribution in [2.24, 2.45) is 5.92 Å². The van der Waals surface area contributed by atoms with E-state index in [1.165, 1.54) is 0 Å². The van der Waals surface area contributed by atoms with Gasteiger partial charge in [0.1, 0.15) is 5.75 Å². The normalized spacial score (nSPS) is 10.6. The SMILES string of the molecule is Cc1ccc(NC(=O)CCC(=O)NNC(=O)c2cc(Br)ccc2OCCC(C)C)c(C)c1. The van der Waals surface area contributed by atoms with Crippen LogP contribution in [-0.4, -0.2) is 24.3 Å². The molecule has 0 aliphatic carbocycles. The van der Waals surface area contributed by atoms with E-state index in [9.17, 15) is 14.4 Å². The molecule has 0 spiro atoms. The number of hydrazine groups is 1. The summed E-state index contributed by atoms with van der Waals surface area (Å²) in [5.74, 6) is -0.320. The van der Waals surface area contributed by atoms with Gasteiger partial charge in [-0.3, -0.25) is 25.2 Å². The summed E-state index contributed by atoms with van der Waals surface area (Å²) in [6, 6.07) is 10.8. The lowest BCUT2D eigenvalue weighted by Crippen LogP contribution is -2.42. The largest absolute Gasteiger partial charge is 0.493 e. The van der Waals surface area contributed by atoms with Crippen molar-refractivity contribution in [2.45, 2.75) is 47.0 Å². The number of hydrogen-bond acceptors (Lipinski definition) is 4. The van der Waals surface area contributed by atoms with Crippen molar-refractivity contribution in [3.8, 4) is 5.75 Å². The maximum atomic E-state index is 12.6. The van der Waals surface area contributed by atoms with Gasteiger partial charge in [-0.2, -0.15) is 0 Å². The fraction of sp³-hybridized carbons (Fsp3) is 0.375. The third-order valence-electron chi connectivity index (χ3n) is 4.69. The number of halogens is 1. The van der Waals surface area contributed by atoms with Crippen molar-refractivity contribution in [2.75, 3.05) is 11.9 Å². The van der Waals surface area contributed by atoms with Crippen LogP contribution in [0.25, 0.3) is 0 Å². The maximum absolute atomic E-state index is 12.6. The third-order valence-corrected chi connectivity index (χ3v) is 5.18. The average Bonchev–Trinajstić information content (AvgIpc) is 2.73. The molecule has 0 aromatic heterocycles. The van der Waals surface area contributed by atoms with Crippen LogP contribution >= 0.6 is 15.9 Å². The van der Waals surface area contributed by atoms with E-state index in [0.717, 1.165) is 17.5 Å². The molecule has 2 rings (SSSR count). The molecule has 0 fully saturated rings. The predicted octanol–water partition coefficient (Wildman–Crippen LogP) is 4.67. The van der Waals surface area contributed by atoms with Crippen molar-refractivity contribution in [3.63, 3.8) is 0 Å². The van der Waals surface area contributed by atoms with Gasteiger partial charge < -0.3 is 10.1 Å². The molecule has 0 saturated heterocycles. The van der Waals surface area contributed by atoms with Gasteiger partial charge in [-0.15, -0.1) is 0 Å². The number of aryl methyl sites for hydroxylation is 2. The smallest absolute Gasteiger partial charge is 0.273 e. The summed E-state index contributed by atoms with van der Waals surface area (Å²) >= 11 is 3.35. The van der Waals surface area contributed by atoms with Gasteiger partial charge in [-0.05, 0) is 56.0 Å². The molecule has 0 aliphatic heterocycles. The summed E-state index contributed by atoms with van der Waals surface area (Å²) in [7, 11) is 0. The second kappa shape index (κ2) is 12.2. The van der Waals surface area contributed by atoms with Gasteiger partial charge in [0, 0.05) is 23.0 Å². The van der Waals surface area contributed by atoms with Crippen molar-refractivity contribution < 1.29 is 19.1 Å². The van der Waals surface area contributed by atoms with Crippen LogP contribution in [0.5, 0.6) is 5.75 Å². The van der Waals surface area contributed by atoms with Crippen molar-refractivity contribution in [1.29, 1.82) is 0 Å². The fourth-order valence-corrected chi connectivity index (χ4v) is 3.22. The summed E-state index contributed by atoms with van der Waals surface area (Å²) < 4.78 is 6.45. The number of rotatable bonds is 9. The number of benzene rings is 2. The first-order chi connectivity index (χ1) is 15.2. The Hall–Kier alpha value is -2.87. The number of carbonyl (C=O) groups excluding carboxylic acids is 3. The van der Waals surface area contributed by atoms with E-state index in [4.69, 9.17) is 4.74 Å². The Morgan fingerprint density at radius 2 is 1.69 bits per heavy atom. The first kappa shape index (κ1) is 25.4. The summed E-state index contributed by atoms with van der Waals surface area (Å²) in [6.07, 6.45) is 0.792. The molecule has 3 amide bonds. The lowest BCUT2D eigenvalue weighted by molar-refractivity contribution is -0.124. The Morgan fingerprint density at radius 3 is 2.38 bits per heavy atom. The highest BCUT2D eigenvalue weighted by Crippen LogP contribution is 2.23. The zero-order valence-electron chi connectivity index (χ0n) is 18.9. The van der Waals surface area contributed by atoms with Gasteiger partial charge in [0.25, 0.3) is 5.91 Å². The zero-order chi connectivity index (χ0) is 23.7. The molecule has 0 aliphatic rings. The van der Waals surface area contributed by atoms with Gasteiger partial charge in [0.15, 0.2) is 0 Å². The van der Waals surface area contributed by atoms with Crippen molar-refractivity contribution in [1.82, 2.24) is 10.9 Å². The van der Waals surface area contributed by atoms with Gasteiger partial charge in [-0.1, -0.05) is 47.5 Å². The number of hydrogen-bond donors (Lipinski definition) is 3. The highest BCUT2D eigenvalue weighted by Gasteiger charge is 2.15. The molecule has 32 heavy (non-hydrogen) atoms. The molecule has 2 aromatic rings. The number of anilines is 1. The van der Waals surface area contributed by atoms with Crippen LogP contribution in [-0.2, 0) is 9.59 Å². The van der Waals surface area contributed by atoms with E-state index in [2.05, 4.69) is 45.9 Å². The fourth-order valence-electron chi connectivity index (χ4n) is 2.86. The van der Waals surface area contributed by atoms with Crippen LogP contribution in [0.2, 0.25) is 0 Å². The lowest BCUT2D eigenvalue weighted by Gasteiger charge is -2.14. The first-order valence-corrected chi connectivity index (χ1v) is 11.3. The topological polar surface area (TPSA) is 96.5 Å². The number of amides is 3. The Labute approximate surface area is 197 Å². The van der Waals surface area contributed by atoms with Crippen LogP contribution in [0.4, 0.5) is 5.69 Å². The van der Waals surface area contributed by atoms with Gasteiger partial charge in [0.05, 0.1) is 12.2 Å². The summed E-state index contributed by atoms with van der Waals surface area (Å²) in [6.45, 7) is 8.56. The van der Waals surface area contributed by atoms with E-state index in [1.807, 2.05) is 32.0 Å². The minimum absolute atomic E-state index is 0.00450. The minimum atomic E-state index is -0.501. The number of carbonyl (C=O) groups is 3. The maximum Gasteiger partial charge on any atom is 0.273 e. The van der Waals surface area contributed by atoms with Crippen LogP contribution in [0.15, 0.2) is 40.9 Å². The second-order valence-corrected chi connectivity index (χ2v) is 8.96. The molecule has 3 N–H and O–H groups in total. The second-order valence-electron chi connectivity index (χ2n) is 8.04. The molecular formula is C24H30BrN3O4. The van der Waals surface area contributed by atoms with E-state index in [0.29, 0.717) is 34.0 Å². The van der Waals surface area contributed by atoms with E-state index in [-0.39, 0.29) is 18.7 Å². The molecule has 0 unspecified atom stereocenters. The average molecular weight is 504 g/mol. The molecule has 172 valence electrons. The van der Waals surface area contributed by atoms with Gasteiger partial charge >= 0.3 is 0 Å². The number of nitrogens with one attached hydrogen (secondary N) is 3. The van der Waals surface area contributed by atoms with Crippen LogP contribution in [0.3, 0.4) is 0 Å². The summed E-state index contributed by atoms with van der Waals surface area (Å²) in [4.78, 5) is 36.8. The molecule has 0 atom stereocenters. The van der Waals surface area contributed by atoms with E-state index >= 15 is 0 Å². The minimum Gasteiger partial charge on any atom is -0.493 e. The molecule has 8 heteroatoms. The number of ether oxygens (including phenoxy) is 1. The summed E-state index contributed by atoms with van der Waals surface area (Å²) in [5, 5.41) is 2.80. The van der Waals surface area contributed by atoms with Crippen LogP contribution in [0.1, 0.15) is 54.6 Å². The Bertz CT molecular complexity index is 976. The highest BCUT2D eigenvalue weighted by atomic mass is 79.9. The molecular weight excluding hydrogens is 474 g/mol. The van der Waals surface area contributed by atoms with Crippen LogP contribution in [0, 0.1) is 19.8 Å². The lowest BCUT2D eigenvalue weighted by atomic mass is 10.1. The third kappa shape index (κ3) is 8.34. The van der Waals surface area contributed by atoms with Crippen LogP contribution < -0.4 is 20.9 Å². The molecule has 0 heterocycles. The quantitative estimate of drug-likeness (QED) is 0.433. The van der Waals surface area contributed by atoms with Gasteiger partial charge in [0.2, 0.25) is 11.8 Å². The predicted molar refractivity (Wildman–Crippen MR) is 128 cm³/mol. The molecule has 7 nitrogen and oxygen atoms in total. The molecule has 0 radical (unpaired) electrons. The van der Waals surface area contributed by atoms with Crippen molar-refractivity contribution >= 4 is 39.3 Å². The zero-order valence-corrected chi connectivity index (χ0v) is 20.5.